The molecule has 1 aliphatic heterocycles. The monoisotopic (exact) mass is 279 g/mol. The Labute approximate surface area is 120 Å². The van der Waals surface area contributed by atoms with Crippen LogP contribution >= 0.6 is 0 Å². The van der Waals surface area contributed by atoms with Gasteiger partial charge in [-0.2, -0.15) is 15.0 Å². The fourth-order valence-corrected chi connectivity index (χ4v) is 2.61. The molecule has 1 atom stereocenters. The second-order valence-corrected chi connectivity index (χ2v) is 5.23. The molecule has 1 aliphatic rings. The van der Waals surface area contributed by atoms with Gasteiger partial charge in [-0.3, -0.25) is 0 Å². The van der Waals surface area contributed by atoms with Crippen molar-refractivity contribution in [3.63, 3.8) is 0 Å². The molecular formula is C14H25N5O. The molecule has 2 heterocycles. The van der Waals surface area contributed by atoms with E-state index in [9.17, 15) is 0 Å². The molecule has 0 amide bonds. The van der Waals surface area contributed by atoms with E-state index >= 15 is 0 Å². The van der Waals surface area contributed by atoms with E-state index in [0.29, 0.717) is 24.6 Å². The third-order valence-corrected chi connectivity index (χ3v) is 3.66. The summed E-state index contributed by atoms with van der Waals surface area (Å²) in [5.74, 6) is 0.901. The number of aromatic nitrogens is 3. The van der Waals surface area contributed by atoms with Crippen molar-refractivity contribution in [3.05, 3.63) is 0 Å². The lowest BCUT2D eigenvalue weighted by atomic mass is 10.1. The highest BCUT2D eigenvalue weighted by molar-refractivity contribution is 5.37. The number of nitrogen functional groups attached to an aromatic ring is 1. The van der Waals surface area contributed by atoms with Crippen molar-refractivity contribution in [2.75, 3.05) is 23.8 Å². The van der Waals surface area contributed by atoms with Gasteiger partial charge in [-0.15, -0.1) is 0 Å². The van der Waals surface area contributed by atoms with E-state index in [-0.39, 0.29) is 5.95 Å². The quantitative estimate of drug-likeness (QED) is 0.891. The standard InChI is InChI=1S/C14H25N5O/c1-3-10-20-14-17-12(15)16-13(18-14)19-9-7-5-6-8-11(19)4-2/h11H,3-10H2,1-2H3,(H2,15,16,17,18). The molecule has 2 N–H and O–H groups in total. The second kappa shape index (κ2) is 7.26. The van der Waals surface area contributed by atoms with Crippen molar-refractivity contribution in [3.8, 4) is 6.01 Å². The number of hydrogen-bond donors (Lipinski definition) is 1. The van der Waals surface area contributed by atoms with Crippen LogP contribution < -0.4 is 15.4 Å². The third-order valence-electron chi connectivity index (χ3n) is 3.66. The first kappa shape index (κ1) is 14.8. The summed E-state index contributed by atoms with van der Waals surface area (Å²) in [7, 11) is 0. The molecule has 1 saturated heterocycles. The maximum Gasteiger partial charge on any atom is 0.323 e. The van der Waals surface area contributed by atoms with Crippen LogP contribution in [0.15, 0.2) is 0 Å². The van der Waals surface area contributed by atoms with Crippen molar-refractivity contribution < 1.29 is 4.74 Å². The summed E-state index contributed by atoms with van der Waals surface area (Å²) in [6.45, 7) is 5.84. The van der Waals surface area contributed by atoms with Gasteiger partial charge in [0.25, 0.3) is 0 Å². The lowest BCUT2D eigenvalue weighted by Crippen LogP contribution is -2.36. The minimum absolute atomic E-state index is 0.236. The number of ether oxygens (including phenoxy) is 1. The highest BCUT2D eigenvalue weighted by atomic mass is 16.5. The molecule has 1 fully saturated rings. The van der Waals surface area contributed by atoms with Crippen molar-refractivity contribution in [1.82, 2.24) is 15.0 Å². The van der Waals surface area contributed by atoms with Gasteiger partial charge in [0.2, 0.25) is 11.9 Å². The molecule has 0 spiro atoms. The Morgan fingerprint density at radius 2 is 2.05 bits per heavy atom. The Bertz CT molecular complexity index is 426. The lowest BCUT2D eigenvalue weighted by Gasteiger charge is -2.29. The van der Waals surface area contributed by atoms with Crippen LogP contribution in [0.5, 0.6) is 6.01 Å². The van der Waals surface area contributed by atoms with Gasteiger partial charge in [0.15, 0.2) is 0 Å². The summed E-state index contributed by atoms with van der Waals surface area (Å²) in [6.07, 6.45) is 6.92. The summed E-state index contributed by atoms with van der Waals surface area (Å²) in [5.41, 5.74) is 5.79. The first-order chi connectivity index (χ1) is 9.74. The number of nitrogens with zero attached hydrogens (tertiary/aromatic N) is 4. The van der Waals surface area contributed by atoms with Crippen molar-refractivity contribution in [2.24, 2.45) is 0 Å². The topological polar surface area (TPSA) is 77.2 Å². The summed E-state index contributed by atoms with van der Waals surface area (Å²) in [6, 6.07) is 0.826. The number of hydrogen-bond acceptors (Lipinski definition) is 6. The van der Waals surface area contributed by atoms with Crippen molar-refractivity contribution in [1.29, 1.82) is 0 Å². The molecule has 0 aromatic carbocycles. The highest BCUT2D eigenvalue weighted by Crippen LogP contribution is 2.24. The van der Waals surface area contributed by atoms with Gasteiger partial charge < -0.3 is 15.4 Å². The van der Waals surface area contributed by atoms with E-state index in [1.165, 1.54) is 25.7 Å². The first-order valence-electron chi connectivity index (χ1n) is 7.65. The van der Waals surface area contributed by atoms with Crippen LogP contribution in [-0.2, 0) is 0 Å². The van der Waals surface area contributed by atoms with Crippen molar-refractivity contribution in [2.45, 2.75) is 58.4 Å². The Kier molecular flexibility index (Phi) is 5.38. The zero-order chi connectivity index (χ0) is 14.4. The number of rotatable bonds is 5. The molecule has 0 bridgehead atoms. The smallest absolute Gasteiger partial charge is 0.323 e. The summed E-state index contributed by atoms with van der Waals surface area (Å²) >= 11 is 0. The third kappa shape index (κ3) is 3.71. The molecule has 0 radical (unpaired) electrons. The van der Waals surface area contributed by atoms with Gasteiger partial charge in [-0.25, -0.2) is 0 Å². The Hall–Kier alpha value is -1.59. The minimum atomic E-state index is 0.236. The van der Waals surface area contributed by atoms with Gasteiger partial charge in [-0.1, -0.05) is 26.7 Å². The minimum Gasteiger partial charge on any atom is -0.463 e. The zero-order valence-electron chi connectivity index (χ0n) is 12.5. The SMILES string of the molecule is CCCOc1nc(N)nc(N2CCCCCC2CC)n1. The molecular weight excluding hydrogens is 254 g/mol. The second-order valence-electron chi connectivity index (χ2n) is 5.23. The van der Waals surface area contributed by atoms with Crippen LogP contribution in [0, 0.1) is 0 Å². The fraction of sp³-hybridized carbons (Fsp3) is 0.786. The summed E-state index contributed by atoms with van der Waals surface area (Å²) in [5, 5.41) is 0. The van der Waals surface area contributed by atoms with Gasteiger partial charge in [0.1, 0.15) is 0 Å². The fourth-order valence-electron chi connectivity index (χ4n) is 2.61. The lowest BCUT2D eigenvalue weighted by molar-refractivity contribution is 0.291. The van der Waals surface area contributed by atoms with E-state index < -0.39 is 0 Å². The van der Waals surface area contributed by atoms with Gasteiger partial charge in [-0.05, 0) is 25.7 Å². The highest BCUT2D eigenvalue weighted by Gasteiger charge is 2.23. The van der Waals surface area contributed by atoms with E-state index in [1.807, 2.05) is 6.92 Å². The average molecular weight is 279 g/mol. The molecule has 1 aromatic rings. The van der Waals surface area contributed by atoms with Crippen molar-refractivity contribution >= 4 is 11.9 Å². The number of anilines is 2. The first-order valence-corrected chi connectivity index (χ1v) is 7.65. The van der Waals surface area contributed by atoms with E-state index in [4.69, 9.17) is 10.5 Å². The molecule has 6 nitrogen and oxygen atoms in total. The van der Waals surface area contributed by atoms with Crippen LogP contribution in [-0.4, -0.2) is 34.1 Å². The van der Waals surface area contributed by atoms with Crippen LogP contribution in [0.2, 0.25) is 0 Å². The Morgan fingerprint density at radius 3 is 2.80 bits per heavy atom. The molecule has 20 heavy (non-hydrogen) atoms. The van der Waals surface area contributed by atoms with E-state index in [2.05, 4.69) is 26.8 Å². The molecule has 112 valence electrons. The maximum atomic E-state index is 5.79. The average Bonchev–Trinajstić information content (AvgIpc) is 2.69. The molecule has 6 heteroatoms. The normalized spacial score (nSPS) is 19.7. The predicted molar refractivity (Wildman–Crippen MR) is 79.9 cm³/mol. The van der Waals surface area contributed by atoms with Crippen LogP contribution in [0.25, 0.3) is 0 Å². The zero-order valence-corrected chi connectivity index (χ0v) is 12.5. The summed E-state index contributed by atoms with van der Waals surface area (Å²) in [4.78, 5) is 15.1. The number of nitrogens with two attached hydrogens (primary N) is 1. The molecule has 0 saturated carbocycles. The predicted octanol–water partition coefficient (Wildman–Crippen LogP) is 2.40. The molecule has 0 aliphatic carbocycles. The van der Waals surface area contributed by atoms with Crippen LogP contribution in [0.1, 0.15) is 52.4 Å². The molecule has 2 rings (SSSR count). The molecule has 1 unspecified atom stereocenters. The maximum absolute atomic E-state index is 5.79. The van der Waals surface area contributed by atoms with Gasteiger partial charge in [0, 0.05) is 12.6 Å². The Balaban J connectivity index is 2.22. The largest absolute Gasteiger partial charge is 0.463 e. The van der Waals surface area contributed by atoms with Crippen LogP contribution in [0.3, 0.4) is 0 Å². The molecule has 1 aromatic heterocycles. The van der Waals surface area contributed by atoms with E-state index in [0.717, 1.165) is 19.4 Å². The Morgan fingerprint density at radius 1 is 1.20 bits per heavy atom. The van der Waals surface area contributed by atoms with Gasteiger partial charge in [0.05, 0.1) is 6.61 Å². The summed E-state index contributed by atoms with van der Waals surface area (Å²) < 4.78 is 5.50. The van der Waals surface area contributed by atoms with Gasteiger partial charge >= 0.3 is 6.01 Å². The van der Waals surface area contributed by atoms with E-state index in [1.54, 1.807) is 0 Å². The van der Waals surface area contributed by atoms with Crippen LogP contribution in [0.4, 0.5) is 11.9 Å².